The number of hydrogen-bond acceptors (Lipinski definition) is 5. The fourth-order valence-corrected chi connectivity index (χ4v) is 4.26. The average Bonchev–Trinajstić information content (AvgIpc) is 3.16. The second-order valence-electron chi connectivity index (χ2n) is 5.69. The number of nitrogens with one attached hydrogen (secondary N) is 3. The van der Waals surface area contributed by atoms with E-state index in [-0.39, 0.29) is 10.8 Å². The van der Waals surface area contributed by atoms with Gasteiger partial charge in [0, 0.05) is 18.3 Å². The SMILES string of the molecule is CNC(=O)c1ccsc1NC(=O)c1ccc(NS(=O)(=O)c2ccccc2)cc1. The highest BCUT2D eigenvalue weighted by Crippen LogP contribution is 2.24. The van der Waals surface area contributed by atoms with Gasteiger partial charge in [0.2, 0.25) is 0 Å². The largest absolute Gasteiger partial charge is 0.355 e. The molecule has 1 aromatic heterocycles. The van der Waals surface area contributed by atoms with Gasteiger partial charge in [-0.05, 0) is 47.8 Å². The molecule has 0 radical (unpaired) electrons. The Balaban J connectivity index is 1.72. The molecule has 0 aliphatic carbocycles. The topological polar surface area (TPSA) is 104 Å². The summed E-state index contributed by atoms with van der Waals surface area (Å²) in [5.41, 5.74) is 1.05. The first kappa shape index (κ1) is 19.6. The van der Waals surface area contributed by atoms with Crippen molar-refractivity contribution in [2.45, 2.75) is 4.90 Å². The van der Waals surface area contributed by atoms with E-state index in [1.807, 2.05) is 0 Å². The lowest BCUT2D eigenvalue weighted by Crippen LogP contribution is -2.20. The zero-order valence-electron chi connectivity index (χ0n) is 14.8. The van der Waals surface area contributed by atoms with E-state index in [0.29, 0.717) is 21.8 Å². The third-order valence-corrected chi connectivity index (χ3v) is 6.04. The van der Waals surface area contributed by atoms with Crippen LogP contribution in [0.15, 0.2) is 70.9 Å². The molecule has 0 aliphatic heterocycles. The molecule has 28 heavy (non-hydrogen) atoms. The van der Waals surface area contributed by atoms with E-state index in [1.54, 1.807) is 29.6 Å². The molecule has 1 heterocycles. The first-order chi connectivity index (χ1) is 13.4. The predicted molar refractivity (Wildman–Crippen MR) is 109 cm³/mol. The van der Waals surface area contributed by atoms with Gasteiger partial charge in [0.25, 0.3) is 21.8 Å². The number of rotatable bonds is 6. The van der Waals surface area contributed by atoms with Gasteiger partial charge in [0.15, 0.2) is 0 Å². The smallest absolute Gasteiger partial charge is 0.261 e. The van der Waals surface area contributed by atoms with E-state index < -0.39 is 15.9 Å². The molecule has 0 saturated carbocycles. The highest BCUT2D eigenvalue weighted by atomic mass is 32.2. The Morgan fingerprint density at radius 3 is 2.21 bits per heavy atom. The summed E-state index contributed by atoms with van der Waals surface area (Å²) >= 11 is 1.24. The highest BCUT2D eigenvalue weighted by Gasteiger charge is 2.16. The monoisotopic (exact) mass is 415 g/mol. The molecule has 0 saturated heterocycles. The second-order valence-corrected chi connectivity index (χ2v) is 8.29. The maximum atomic E-state index is 12.4. The van der Waals surface area contributed by atoms with Gasteiger partial charge >= 0.3 is 0 Å². The van der Waals surface area contributed by atoms with E-state index >= 15 is 0 Å². The van der Waals surface area contributed by atoms with Crippen molar-refractivity contribution < 1.29 is 18.0 Å². The summed E-state index contributed by atoms with van der Waals surface area (Å²) < 4.78 is 27.1. The Kier molecular flexibility index (Phi) is 5.76. The molecule has 3 aromatic rings. The Hall–Kier alpha value is -3.17. The molecule has 0 spiro atoms. The summed E-state index contributed by atoms with van der Waals surface area (Å²) in [6, 6.07) is 15.6. The summed E-state index contributed by atoms with van der Waals surface area (Å²) in [6.45, 7) is 0. The average molecular weight is 415 g/mol. The third-order valence-electron chi connectivity index (χ3n) is 3.82. The van der Waals surface area contributed by atoms with Crippen molar-refractivity contribution in [2.75, 3.05) is 17.1 Å². The van der Waals surface area contributed by atoms with Crippen molar-refractivity contribution in [3.63, 3.8) is 0 Å². The summed E-state index contributed by atoms with van der Waals surface area (Å²) in [6.07, 6.45) is 0. The molecule has 3 N–H and O–H groups in total. The number of sulfonamides is 1. The zero-order valence-corrected chi connectivity index (χ0v) is 16.4. The molecule has 0 unspecified atom stereocenters. The van der Waals surface area contributed by atoms with Gasteiger partial charge < -0.3 is 10.6 Å². The number of thiophene rings is 1. The molecule has 0 fully saturated rings. The molecule has 9 heteroatoms. The number of hydrogen-bond donors (Lipinski definition) is 3. The Morgan fingerprint density at radius 1 is 0.893 bits per heavy atom. The van der Waals surface area contributed by atoms with Gasteiger partial charge in [-0.15, -0.1) is 11.3 Å². The van der Waals surface area contributed by atoms with Gasteiger partial charge in [-0.25, -0.2) is 8.42 Å². The van der Waals surface area contributed by atoms with Crippen LogP contribution in [-0.4, -0.2) is 27.3 Å². The molecule has 3 rings (SSSR count). The normalized spacial score (nSPS) is 10.9. The van der Waals surface area contributed by atoms with Gasteiger partial charge in [-0.2, -0.15) is 0 Å². The molecule has 7 nitrogen and oxygen atoms in total. The maximum absolute atomic E-state index is 12.4. The van der Waals surface area contributed by atoms with Gasteiger partial charge in [0.1, 0.15) is 5.00 Å². The zero-order chi connectivity index (χ0) is 20.1. The molecule has 2 amide bonds. The summed E-state index contributed by atoms with van der Waals surface area (Å²) in [5.74, 6) is -0.688. The number of anilines is 2. The van der Waals surface area contributed by atoms with Crippen LogP contribution in [0.3, 0.4) is 0 Å². The van der Waals surface area contributed by atoms with Crippen LogP contribution in [0.2, 0.25) is 0 Å². The van der Waals surface area contributed by atoms with Gasteiger partial charge in [0.05, 0.1) is 10.5 Å². The number of benzene rings is 2. The van der Waals surface area contributed by atoms with Crippen LogP contribution in [0.5, 0.6) is 0 Å². The van der Waals surface area contributed by atoms with Crippen molar-refractivity contribution in [3.8, 4) is 0 Å². The lowest BCUT2D eigenvalue weighted by Gasteiger charge is -2.09. The fraction of sp³-hybridized carbons (Fsp3) is 0.0526. The predicted octanol–water partition coefficient (Wildman–Crippen LogP) is 3.16. The van der Waals surface area contributed by atoms with Crippen LogP contribution in [0.1, 0.15) is 20.7 Å². The van der Waals surface area contributed by atoms with E-state index in [2.05, 4.69) is 15.4 Å². The van der Waals surface area contributed by atoms with Crippen molar-refractivity contribution >= 4 is 43.9 Å². The first-order valence-electron chi connectivity index (χ1n) is 8.19. The van der Waals surface area contributed by atoms with Crippen molar-refractivity contribution in [1.82, 2.24) is 5.32 Å². The van der Waals surface area contributed by atoms with Gasteiger partial charge in [-0.3, -0.25) is 14.3 Å². The van der Waals surface area contributed by atoms with Crippen molar-refractivity contribution in [1.29, 1.82) is 0 Å². The first-order valence-corrected chi connectivity index (χ1v) is 10.6. The van der Waals surface area contributed by atoms with Crippen LogP contribution in [0.25, 0.3) is 0 Å². The van der Waals surface area contributed by atoms with E-state index in [9.17, 15) is 18.0 Å². The van der Waals surface area contributed by atoms with Crippen molar-refractivity contribution in [3.05, 3.63) is 77.2 Å². The van der Waals surface area contributed by atoms with Crippen LogP contribution >= 0.6 is 11.3 Å². The number of amides is 2. The van der Waals surface area contributed by atoms with Crippen LogP contribution < -0.4 is 15.4 Å². The second kappa shape index (κ2) is 8.24. The Morgan fingerprint density at radius 2 is 1.57 bits per heavy atom. The van der Waals surface area contributed by atoms with Crippen LogP contribution in [0.4, 0.5) is 10.7 Å². The minimum Gasteiger partial charge on any atom is -0.355 e. The maximum Gasteiger partial charge on any atom is 0.261 e. The molecular formula is C19H17N3O4S2. The summed E-state index contributed by atoms with van der Waals surface area (Å²) in [5, 5.41) is 7.36. The Bertz CT molecular complexity index is 1090. The lowest BCUT2D eigenvalue weighted by molar-refractivity contribution is 0.0964. The molecular weight excluding hydrogens is 398 g/mol. The van der Waals surface area contributed by atoms with Crippen LogP contribution in [0, 0.1) is 0 Å². The van der Waals surface area contributed by atoms with E-state index in [4.69, 9.17) is 0 Å². The quantitative estimate of drug-likeness (QED) is 0.575. The van der Waals surface area contributed by atoms with Crippen molar-refractivity contribution in [2.24, 2.45) is 0 Å². The summed E-state index contributed by atoms with van der Waals surface area (Å²) in [4.78, 5) is 24.4. The van der Waals surface area contributed by atoms with E-state index in [0.717, 1.165) is 0 Å². The molecule has 0 atom stereocenters. The van der Waals surface area contributed by atoms with E-state index in [1.165, 1.54) is 54.8 Å². The Labute approximate surface area is 166 Å². The number of carbonyl (C=O) groups excluding carboxylic acids is 2. The third kappa shape index (κ3) is 4.38. The highest BCUT2D eigenvalue weighted by molar-refractivity contribution is 7.92. The molecule has 2 aromatic carbocycles. The molecule has 144 valence electrons. The van der Waals surface area contributed by atoms with Gasteiger partial charge in [-0.1, -0.05) is 18.2 Å². The fourth-order valence-electron chi connectivity index (χ4n) is 2.40. The summed E-state index contributed by atoms with van der Waals surface area (Å²) in [7, 11) is -2.18. The standard InChI is InChI=1S/C19H17N3O4S2/c1-20-18(24)16-11-12-27-19(16)21-17(23)13-7-9-14(10-8-13)22-28(25,26)15-5-3-2-4-6-15/h2-12,22H,1H3,(H,20,24)(H,21,23). The number of carbonyl (C=O) groups is 2. The minimum absolute atomic E-state index is 0.149. The van der Waals surface area contributed by atoms with Crippen LogP contribution in [-0.2, 0) is 10.0 Å². The molecule has 0 bridgehead atoms. The molecule has 0 aliphatic rings. The minimum atomic E-state index is -3.70. The lowest BCUT2D eigenvalue weighted by atomic mass is 10.2.